The highest BCUT2D eigenvalue weighted by molar-refractivity contribution is 6.12. The van der Waals surface area contributed by atoms with Gasteiger partial charge in [-0.3, -0.25) is 9.36 Å². The number of aromatic nitrogens is 2. The molecule has 6 heteroatoms. The number of carbonyl (C=O) groups excluding carboxylic acids is 1. The van der Waals surface area contributed by atoms with E-state index in [1.54, 1.807) is 41.4 Å². The van der Waals surface area contributed by atoms with Gasteiger partial charge >= 0.3 is 0 Å². The molecular weight excluding hydrogens is 340 g/mol. The number of terminal acetylenes is 1. The van der Waals surface area contributed by atoms with E-state index in [4.69, 9.17) is 11.2 Å². The van der Waals surface area contributed by atoms with Gasteiger partial charge in [-0.1, -0.05) is 18.1 Å². The second-order valence-corrected chi connectivity index (χ2v) is 5.79. The summed E-state index contributed by atoms with van der Waals surface area (Å²) >= 11 is 0. The number of rotatable bonds is 7. The predicted molar refractivity (Wildman–Crippen MR) is 108 cm³/mol. The highest BCUT2D eigenvalue weighted by Crippen LogP contribution is 2.25. The predicted octanol–water partition coefficient (Wildman–Crippen LogP) is 3.42. The summed E-state index contributed by atoms with van der Waals surface area (Å²) < 4.78 is 6.89. The molecule has 138 valence electrons. The third-order valence-corrected chi connectivity index (χ3v) is 3.57. The molecule has 0 aliphatic heterocycles. The van der Waals surface area contributed by atoms with Crippen LogP contribution in [0.2, 0.25) is 0 Å². The van der Waals surface area contributed by atoms with Crippen molar-refractivity contribution in [3.05, 3.63) is 60.1 Å². The lowest BCUT2D eigenvalue weighted by molar-refractivity contribution is 0.103. The van der Waals surface area contributed by atoms with Gasteiger partial charge in [-0.05, 0) is 37.3 Å². The molecule has 1 aromatic carbocycles. The molecule has 1 heterocycles. The Bertz CT molecular complexity index is 926. The number of allylic oxidation sites excluding steroid dienone is 4. The van der Waals surface area contributed by atoms with Gasteiger partial charge in [0.25, 0.3) is 0 Å². The lowest BCUT2D eigenvalue weighted by atomic mass is 10.1. The quantitative estimate of drug-likeness (QED) is 0.189. The minimum absolute atomic E-state index is 0.259. The van der Waals surface area contributed by atoms with Gasteiger partial charge in [-0.15, -0.1) is 6.42 Å². The fraction of sp³-hybridized carbons (Fsp3) is 0.190. The van der Waals surface area contributed by atoms with E-state index in [0.717, 1.165) is 11.4 Å². The highest BCUT2D eigenvalue weighted by Gasteiger charge is 2.21. The van der Waals surface area contributed by atoms with Crippen LogP contribution in [0.25, 0.3) is 5.69 Å². The molecule has 0 radical (unpaired) electrons. The summed E-state index contributed by atoms with van der Waals surface area (Å²) in [5, 5.41) is 0. The van der Waals surface area contributed by atoms with Gasteiger partial charge < -0.3 is 9.64 Å². The average Bonchev–Trinajstić information content (AvgIpc) is 3.09. The van der Waals surface area contributed by atoms with E-state index in [-0.39, 0.29) is 5.78 Å². The number of methoxy groups -OCH3 is 1. The summed E-state index contributed by atoms with van der Waals surface area (Å²) in [6, 6.07) is 7.32. The van der Waals surface area contributed by atoms with Gasteiger partial charge in [0.1, 0.15) is 17.8 Å². The molecule has 0 fully saturated rings. The Hall–Kier alpha value is -3.59. The third kappa shape index (κ3) is 4.73. The molecule has 1 aromatic heterocycles. The lowest BCUT2D eigenvalue weighted by Gasteiger charge is -2.10. The van der Waals surface area contributed by atoms with Gasteiger partial charge in [0, 0.05) is 25.4 Å². The Kier molecular flexibility index (Phi) is 6.73. The zero-order valence-electron chi connectivity index (χ0n) is 15.9. The van der Waals surface area contributed by atoms with Crippen molar-refractivity contribution in [1.82, 2.24) is 14.5 Å². The average molecular weight is 362 g/mol. The summed E-state index contributed by atoms with van der Waals surface area (Å²) in [5.74, 6) is 3.19. The number of imidazole rings is 1. The molecule has 2 rings (SSSR count). The summed E-state index contributed by atoms with van der Waals surface area (Å²) in [6.45, 7) is 1.82. The normalized spacial score (nSPS) is 11.7. The van der Waals surface area contributed by atoms with Crippen molar-refractivity contribution in [2.24, 2.45) is 4.99 Å². The van der Waals surface area contributed by atoms with E-state index in [2.05, 4.69) is 15.9 Å². The van der Waals surface area contributed by atoms with E-state index in [1.807, 2.05) is 45.3 Å². The minimum Gasteiger partial charge on any atom is -0.497 e. The molecule has 2 aromatic rings. The van der Waals surface area contributed by atoms with E-state index in [0.29, 0.717) is 17.1 Å². The largest absolute Gasteiger partial charge is 0.497 e. The van der Waals surface area contributed by atoms with E-state index in [9.17, 15) is 4.79 Å². The maximum atomic E-state index is 13.2. The van der Waals surface area contributed by atoms with Crippen molar-refractivity contribution in [3.63, 3.8) is 0 Å². The van der Waals surface area contributed by atoms with Crippen LogP contribution in [0.5, 0.6) is 5.75 Å². The molecule has 0 saturated heterocycles. The van der Waals surface area contributed by atoms with Crippen molar-refractivity contribution < 1.29 is 9.53 Å². The van der Waals surface area contributed by atoms with Crippen molar-refractivity contribution in [1.29, 1.82) is 0 Å². The second kappa shape index (κ2) is 9.20. The summed E-state index contributed by atoms with van der Waals surface area (Å²) in [6.07, 6.45) is 13.4. The number of carbonyl (C=O) groups is 1. The van der Waals surface area contributed by atoms with Crippen LogP contribution in [0.4, 0.5) is 5.82 Å². The van der Waals surface area contributed by atoms with E-state index < -0.39 is 0 Å². The van der Waals surface area contributed by atoms with E-state index in [1.165, 1.54) is 6.08 Å². The molecule has 0 N–H and O–H groups in total. The van der Waals surface area contributed by atoms with Crippen LogP contribution in [0.1, 0.15) is 17.4 Å². The van der Waals surface area contributed by atoms with Crippen molar-refractivity contribution in [3.8, 4) is 23.8 Å². The number of nitrogens with zero attached hydrogens (tertiary/aromatic N) is 4. The fourth-order valence-corrected chi connectivity index (χ4v) is 2.35. The molecule has 0 unspecified atom stereocenters. The molecule has 0 aliphatic rings. The number of ketones is 1. The van der Waals surface area contributed by atoms with Crippen LogP contribution in [-0.4, -0.2) is 47.8 Å². The molecule has 0 aliphatic carbocycles. The maximum absolute atomic E-state index is 13.2. The van der Waals surface area contributed by atoms with Crippen LogP contribution in [-0.2, 0) is 0 Å². The minimum atomic E-state index is -0.259. The smallest absolute Gasteiger partial charge is 0.214 e. The van der Waals surface area contributed by atoms with Crippen LogP contribution < -0.4 is 4.74 Å². The molecule has 0 amide bonds. The monoisotopic (exact) mass is 362 g/mol. The molecule has 0 bridgehead atoms. The number of hydrogen-bond acceptors (Lipinski definition) is 4. The van der Waals surface area contributed by atoms with Crippen LogP contribution in [0.3, 0.4) is 0 Å². The SMILES string of the molecule is C#C/C=C(\C=C/C)C(=O)c1c(/N=C/N(C)C)ncn1-c1ccc(OC)cc1. The Morgan fingerprint density at radius 3 is 2.59 bits per heavy atom. The molecular formula is C21H22N4O2. The van der Waals surface area contributed by atoms with Crippen molar-refractivity contribution in [2.75, 3.05) is 21.2 Å². The fourth-order valence-electron chi connectivity index (χ4n) is 2.35. The van der Waals surface area contributed by atoms with Crippen molar-refractivity contribution in [2.45, 2.75) is 6.92 Å². The zero-order valence-corrected chi connectivity index (χ0v) is 15.9. The summed E-state index contributed by atoms with van der Waals surface area (Å²) in [4.78, 5) is 23.6. The van der Waals surface area contributed by atoms with Crippen molar-refractivity contribution >= 4 is 17.9 Å². The molecule has 0 saturated carbocycles. The highest BCUT2D eigenvalue weighted by atomic mass is 16.5. The Balaban J connectivity index is 2.62. The Morgan fingerprint density at radius 1 is 1.33 bits per heavy atom. The first-order valence-electron chi connectivity index (χ1n) is 8.27. The van der Waals surface area contributed by atoms with Gasteiger partial charge in [-0.25, -0.2) is 9.98 Å². The third-order valence-electron chi connectivity index (χ3n) is 3.57. The van der Waals surface area contributed by atoms with Gasteiger partial charge in [0.05, 0.1) is 13.4 Å². The summed E-state index contributed by atoms with van der Waals surface area (Å²) in [7, 11) is 5.28. The number of aliphatic imine (C=N–C) groups is 1. The lowest BCUT2D eigenvalue weighted by Crippen LogP contribution is -2.10. The molecule has 0 spiro atoms. The molecule has 0 atom stereocenters. The van der Waals surface area contributed by atoms with Crippen LogP contribution >= 0.6 is 0 Å². The van der Waals surface area contributed by atoms with Crippen LogP contribution in [0, 0.1) is 12.3 Å². The first kappa shape index (κ1) is 19.7. The van der Waals surface area contributed by atoms with Gasteiger partial charge in [0.2, 0.25) is 5.78 Å². The maximum Gasteiger partial charge on any atom is 0.214 e. The first-order chi connectivity index (χ1) is 13.0. The van der Waals surface area contributed by atoms with Crippen LogP contribution in [0.15, 0.2) is 59.4 Å². The Labute approximate surface area is 159 Å². The standard InChI is InChI=1S/C21H22N4O2/c1-6-8-16(9-7-2)20(26)19-21(22-14-24(3)4)23-15-25(19)17-10-12-18(27-5)13-11-17/h1,7-15H,2-5H3/b9-7-,16-8+,22-14+. The van der Waals surface area contributed by atoms with Gasteiger partial charge in [-0.2, -0.15) is 0 Å². The second-order valence-electron chi connectivity index (χ2n) is 5.79. The number of Topliss-reactive ketones (excluding diaryl/α,β-unsaturated/α-hetero) is 1. The molecule has 6 nitrogen and oxygen atoms in total. The number of hydrogen-bond donors (Lipinski definition) is 0. The van der Waals surface area contributed by atoms with Gasteiger partial charge in [0.15, 0.2) is 5.82 Å². The Morgan fingerprint density at radius 2 is 2.04 bits per heavy atom. The zero-order chi connectivity index (χ0) is 19.8. The van der Waals surface area contributed by atoms with E-state index >= 15 is 0 Å². The first-order valence-corrected chi connectivity index (χ1v) is 8.27. The molecule has 27 heavy (non-hydrogen) atoms. The number of ether oxygens (including phenoxy) is 1. The topological polar surface area (TPSA) is 59.7 Å². The summed E-state index contributed by atoms with van der Waals surface area (Å²) in [5.41, 5.74) is 1.48. The number of benzene rings is 1.